The topological polar surface area (TPSA) is 96.4 Å². The van der Waals surface area contributed by atoms with Gasteiger partial charge in [0.1, 0.15) is 13.2 Å². The van der Waals surface area contributed by atoms with E-state index < -0.39 is 6.10 Å². The number of carbonyl (C=O) groups excluding carboxylic acids is 3. The number of rotatable bonds is 5. The summed E-state index contributed by atoms with van der Waals surface area (Å²) in [7, 11) is 0. The lowest BCUT2D eigenvalue weighted by molar-refractivity contribution is -0.138. The van der Waals surface area contributed by atoms with E-state index in [-0.39, 0.29) is 36.5 Å². The molecule has 0 bridgehead atoms. The Labute approximate surface area is 193 Å². The third kappa shape index (κ3) is 3.56. The number of hydrogen-bond acceptors (Lipinski definition) is 7. The minimum Gasteiger partial charge on any atom is -0.457 e. The van der Waals surface area contributed by atoms with E-state index in [1.54, 1.807) is 17.9 Å². The molecule has 8 nitrogen and oxygen atoms in total. The number of carbonyl (C=O) groups is 3. The van der Waals surface area contributed by atoms with E-state index in [1.807, 2.05) is 13.0 Å². The fraction of sp³-hybridized carbons (Fsp3) is 0.560. The number of hydrogen-bond donors (Lipinski definition) is 1. The van der Waals surface area contributed by atoms with E-state index in [1.165, 1.54) is 0 Å². The van der Waals surface area contributed by atoms with Gasteiger partial charge in [0.15, 0.2) is 0 Å². The van der Waals surface area contributed by atoms with Crippen LogP contribution in [0.3, 0.4) is 0 Å². The molecule has 33 heavy (non-hydrogen) atoms. The Balaban J connectivity index is 1.24. The van der Waals surface area contributed by atoms with Crippen molar-refractivity contribution in [2.45, 2.75) is 52.2 Å². The Bertz CT molecular complexity index is 1050. The fourth-order valence-corrected chi connectivity index (χ4v) is 5.81. The molecule has 8 heteroatoms. The van der Waals surface area contributed by atoms with E-state index in [2.05, 4.69) is 4.90 Å². The first-order chi connectivity index (χ1) is 15.8. The first-order valence-electron chi connectivity index (χ1n) is 11.8. The van der Waals surface area contributed by atoms with E-state index in [9.17, 15) is 19.5 Å². The molecule has 4 aliphatic rings. The van der Waals surface area contributed by atoms with Gasteiger partial charge in [-0.05, 0) is 62.9 Å². The number of amides is 1. The molecular weight excluding hydrogens is 424 g/mol. The van der Waals surface area contributed by atoms with Gasteiger partial charge >= 0.3 is 11.9 Å². The van der Waals surface area contributed by atoms with E-state index in [4.69, 9.17) is 9.47 Å². The summed E-state index contributed by atoms with van der Waals surface area (Å²) in [5.41, 5.74) is 4.21. The summed E-state index contributed by atoms with van der Waals surface area (Å²) in [6.45, 7) is 6.78. The lowest BCUT2D eigenvalue weighted by Crippen LogP contribution is -2.45. The highest BCUT2D eigenvalue weighted by molar-refractivity contribution is 5.94. The molecule has 1 atom stereocenters. The number of cyclic esters (lactones) is 2. The molecule has 2 fully saturated rings. The molecule has 1 spiro atoms. The van der Waals surface area contributed by atoms with Crippen molar-refractivity contribution in [2.75, 3.05) is 32.8 Å². The van der Waals surface area contributed by atoms with Crippen LogP contribution in [0.1, 0.15) is 66.3 Å². The number of aliphatic hydroxyl groups excluding tert-OH is 1. The smallest absolute Gasteiger partial charge is 0.338 e. The summed E-state index contributed by atoms with van der Waals surface area (Å²) in [5.74, 6) is -0.528. The lowest BCUT2D eigenvalue weighted by atomic mass is 9.77. The van der Waals surface area contributed by atoms with Crippen molar-refractivity contribution in [1.82, 2.24) is 9.80 Å². The molecule has 1 aromatic rings. The average molecular weight is 455 g/mol. The van der Waals surface area contributed by atoms with Gasteiger partial charge in [0, 0.05) is 18.7 Å². The molecule has 4 aliphatic heterocycles. The van der Waals surface area contributed by atoms with Crippen molar-refractivity contribution in [3.05, 3.63) is 45.7 Å². The number of nitrogens with zero attached hydrogens (tertiary/aromatic N) is 2. The monoisotopic (exact) mass is 454 g/mol. The van der Waals surface area contributed by atoms with Crippen molar-refractivity contribution in [3.63, 3.8) is 0 Å². The predicted molar refractivity (Wildman–Crippen MR) is 118 cm³/mol. The highest BCUT2D eigenvalue weighted by Gasteiger charge is 2.50. The molecular formula is C25H30N2O6. The zero-order chi connectivity index (χ0) is 23.3. The van der Waals surface area contributed by atoms with Gasteiger partial charge in [-0.2, -0.15) is 0 Å². The largest absolute Gasteiger partial charge is 0.457 e. The van der Waals surface area contributed by atoms with Gasteiger partial charge in [-0.15, -0.1) is 0 Å². The van der Waals surface area contributed by atoms with Crippen LogP contribution in [-0.4, -0.2) is 65.5 Å². The molecule has 0 radical (unpaired) electrons. The molecule has 176 valence electrons. The Morgan fingerprint density at radius 1 is 1.03 bits per heavy atom. The van der Waals surface area contributed by atoms with Crippen LogP contribution in [0.25, 0.3) is 0 Å². The number of piperidine rings is 1. The number of likely N-dealkylation sites (tertiary alicyclic amines) is 2. The van der Waals surface area contributed by atoms with Crippen LogP contribution in [0.4, 0.5) is 0 Å². The second kappa shape index (κ2) is 8.25. The van der Waals surface area contributed by atoms with Gasteiger partial charge in [-0.25, -0.2) is 9.59 Å². The van der Waals surface area contributed by atoms with Crippen LogP contribution < -0.4 is 0 Å². The average Bonchev–Trinajstić information content (AvgIpc) is 3.46. The molecule has 0 unspecified atom stereocenters. The minimum absolute atomic E-state index is 0.104. The van der Waals surface area contributed by atoms with Crippen LogP contribution in [0.5, 0.6) is 0 Å². The Morgan fingerprint density at radius 2 is 1.73 bits per heavy atom. The second-order valence-electron chi connectivity index (χ2n) is 9.54. The summed E-state index contributed by atoms with van der Waals surface area (Å²) in [6, 6.07) is 3.60. The van der Waals surface area contributed by atoms with Crippen LogP contribution in [-0.2, 0) is 32.1 Å². The molecule has 5 rings (SSSR count). The third-order valence-corrected chi connectivity index (χ3v) is 7.91. The zero-order valence-electron chi connectivity index (χ0n) is 19.2. The van der Waals surface area contributed by atoms with Crippen LogP contribution in [0.15, 0.2) is 23.4 Å². The van der Waals surface area contributed by atoms with E-state index in [0.29, 0.717) is 29.9 Å². The van der Waals surface area contributed by atoms with Gasteiger partial charge in [0.05, 0.1) is 28.4 Å². The van der Waals surface area contributed by atoms with Gasteiger partial charge in [0.25, 0.3) is 0 Å². The highest BCUT2D eigenvalue weighted by atomic mass is 16.5. The van der Waals surface area contributed by atoms with Crippen LogP contribution in [0.2, 0.25) is 0 Å². The Hall–Kier alpha value is -2.71. The van der Waals surface area contributed by atoms with E-state index >= 15 is 0 Å². The molecule has 1 N–H and O–H groups in total. The number of aliphatic hydroxyl groups is 1. The van der Waals surface area contributed by atoms with Crippen molar-refractivity contribution >= 4 is 17.8 Å². The van der Waals surface area contributed by atoms with E-state index in [0.717, 1.165) is 55.5 Å². The number of β-amino-alcohol motifs (C(OH)–C–C–N with tert-alkyl or cyclic N) is 1. The number of benzene rings is 1. The number of fused-ring (bicyclic) bond motifs is 1. The number of ether oxygens (including phenoxy) is 2. The quantitative estimate of drug-likeness (QED) is 0.681. The summed E-state index contributed by atoms with van der Waals surface area (Å²) in [6.07, 6.45) is 2.32. The van der Waals surface area contributed by atoms with Crippen molar-refractivity contribution in [2.24, 2.45) is 5.41 Å². The first kappa shape index (κ1) is 22.1. The maximum absolute atomic E-state index is 13.3. The maximum Gasteiger partial charge on any atom is 0.338 e. The Morgan fingerprint density at radius 3 is 2.39 bits per heavy atom. The molecule has 4 heterocycles. The zero-order valence-corrected chi connectivity index (χ0v) is 19.2. The third-order valence-electron chi connectivity index (χ3n) is 7.91. The second-order valence-corrected chi connectivity index (χ2v) is 9.54. The standard InChI is InChI=1S/C25H30N2O6/c1-3-16-17(4-5-18-19(16)13-32-23(18)30)21(28)12-26-9-6-25(7-10-26)8-11-27(24(25)31)20-14-33-22(29)15(20)2/h4-5,21,28H,3,6-14H2,1-2H3/t21-/m1/s1. The summed E-state index contributed by atoms with van der Waals surface area (Å²) < 4.78 is 10.3. The summed E-state index contributed by atoms with van der Waals surface area (Å²) in [5, 5.41) is 11.0. The highest BCUT2D eigenvalue weighted by Crippen LogP contribution is 2.44. The van der Waals surface area contributed by atoms with Crippen molar-refractivity contribution in [3.8, 4) is 0 Å². The maximum atomic E-state index is 13.3. The molecule has 0 aliphatic carbocycles. The minimum atomic E-state index is -0.666. The van der Waals surface area contributed by atoms with Crippen LogP contribution in [0, 0.1) is 5.41 Å². The number of esters is 2. The summed E-state index contributed by atoms with van der Waals surface area (Å²) >= 11 is 0. The molecule has 0 aromatic heterocycles. The van der Waals surface area contributed by atoms with Gasteiger partial charge in [-0.1, -0.05) is 13.0 Å². The first-order valence-corrected chi connectivity index (χ1v) is 11.8. The molecule has 1 amide bonds. The van der Waals surface area contributed by atoms with Crippen molar-refractivity contribution < 1.29 is 29.0 Å². The summed E-state index contributed by atoms with van der Waals surface area (Å²) in [4.78, 5) is 40.9. The lowest BCUT2D eigenvalue weighted by Gasteiger charge is -2.38. The van der Waals surface area contributed by atoms with Crippen molar-refractivity contribution in [1.29, 1.82) is 0 Å². The molecule has 0 saturated carbocycles. The molecule has 2 saturated heterocycles. The van der Waals surface area contributed by atoms with Crippen LogP contribution >= 0.6 is 0 Å². The normalized spacial score (nSPS) is 23.4. The Kier molecular flexibility index (Phi) is 5.53. The SMILES string of the molecule is CCc1c([C@H](O)CN2CCC3(CC2)CCN(C2=C(C)C(=O)OC2)C3=O)ccc2c1COC2=O. The van der Waals surface area contributed by atoms with Gasteiger partial charge in [-0.3, -0.25) is 4.79 Å². The molecule has 1 aromatic carbocycles. The van der Waals surface area contributed by atoms with Gasteiger partial charge in [0.2, 0.25) is 5.91 Å². The van der Waals surface area contributed by atoms with Gasteiger partial charge < -0.3 is 24.4 Å². The predicted octanol–water partition coefficient (Wildman–Crippen LogP) is 2.10. The fourth-order valence-electron chi connectivity index (χ4n) is 5.81.